The summed E-state index contributed by atoms with van der Waals surface area (Å²) in [6.07, 6.45) is -5.27. The molecule has 4 N–H and O–H groups in total. The van der Waals surface area contributed by atoms with E-state index in [-0.39, 0.29) is 11.6 Å². The second-order valence-electron chi connectivity index (χ2n) is 6.12. The lowest BCUT2D eigenvalue weighted by Gasteiger charge is -2.11. The van der Waals surface area contributed by atoms with Gasteiger partial charge in [-0.1, -0.05) is 12.1 Å². The lowest BCUT2D eigenvalue weighted by molar-refractivity contribution is -0.189. The van der Waals surface area contributed by atoms with Crippen LogP contribution in [0.3, 0.4) is 0 Å². The summed E-state index contributed by atoms with van der Waals surface area (Å²) in [5.41, 5.74) is 5.58. The van der Waals surface area contributed by atoms with Crippen LogP contribution >= 0.6 is 0 Å². The van der Waals surface area contributed by atoms with Crippen molar-refractivity contribution in [1.82, 2.24) is 14.8 Å². The van der Waals surface area contributed by atoms with E-state index in [0.717, 1.165) is 22.4 Å². The molecule has 2 aromatic carbocycles. The molecule has 0 fully saturated rings. The average Bonchev–Trinajstić information content (AvgIpc) is 3.01. The number of hydrogen-bond donors (Lipinski definition) is 3. The summed E-state index contributed by atoms with van der Waals surface area (Å²) in [6, 6.07) is 10.3. The van der Waals surface area contributed by atoms with Gasteiger partial charge in [-0.25, -0.2) is 9.59 Å². The van der Waals surface area contributed by atoms with Gasteiger partial charge in [0, 0.05) is 11.8 Å². The third kappa shape index (κ3) is 4.48. The van der Waals surface area contributed by atoms with E-state index in [9.17, 15) is 27.6 Å². The van der Waals surface area contributed by atoms with Crippen LogP contribution in [-0.4, -0.2) is 32.8 Å². The number of ether oxygens (including phenoxy) is 1. The van der Waals surface area contributed by atoms with Crippen molar-refractivity contribution in [1.29, 1.82) is 0 Å². The number of anilines is 2. The van der Waals surface area contributed by atoms with Gasteiger partial charge in [-0.05, 0) is 36.8 Å². The summed E-state index contributed by atoms with van der Waals surface area (Å²) in [4.78, 5) is 37.1. The van der Waals surface area contributed by atoms with E-state index in [2.05, 4.69) is 20.1 Å². The van der Waals surface area contributed by atoms with E-state index in [1.54, 1.807) is 18.2 Å². The number of halogens is 3. The van der Waals surface area contributed by atoms with E-state index < -0.39 is 35.1 Å². The van der Waals surface area contributed by atoms with Gasteiger partial charge in [0.05, 0.1) is 11.3 Å². The molecule has 0 atom stereocenters. The fourth-order valence-corrected chi connectivity index (χ4v) is 2.50. The maximum absolute atomic E-state index is 12.5. The van der Waals surface area contributed by atoms with Gasteiger partial charge in [-0.2, -0.15) is 17.9 Å². The number of aromatic amines is 1. The molecule has 30 heavy (non-hydrogen) atoms. The number of primary amides is 1. The minimum Gasteiger partial charge on any atom is -0.419 e. The molecule has 3 rings (SSSR count). The predicted molar refractivity (Wildman–Crippen MR) is 98.9 cm³/mol. The van der Waals surface area contributed by atoms with Gasteiger partial charge in [0.25, 0.3) is 5.91 Å². The molecular weight excluding hydrogens is 407 g/mol. The van der Waals surface area contributed by atoms with Crippen LogP contribution in [0, 0.1) is 6.92 Å². The smallest absolute Gasteiger partial charge is 0.419 e. The molecule has 1 amide bonds. The number of amides is 1. The first kappa shape index (κ1) is 20.6. The van der Waals surface area contributed by atoms with Gasteiger partial charge in [0.1, 0.15) is 5.75 Å². The van der Waals surface area contributed by atoms with Crippen LogP contribution in [0.2, 0.25) is 0 Å². The lowest BCUT2D eigenvalue weighted by Crippen LogP contribution is -2.29. The molecule has 0 saturated heterocycles. The number of nitrogens with zero attached hydrogens (tertiary/aromatic N) is 2. The predicted octanol–water partition coefficient (Wildman–Crippen LogP) is 2.18. The maximum Gasteiger partial charge on any atom is 0.491 e. The van der Waals surface area contributed by atoms with Crippen molar-refractivity contribution in [2.45, 2.75) is 13.1 Å². The van der Waals surface area contributed by atoms with Gasteiger partial charge < -0.3 is 15.8 Å². The Balaban J connectivity index is 1.91. The third-order valence-corrected chi connectivity index (χ3v) is 3.81. The summed E-state index contributed by atoms with van der Waals surface area (Å²) in [7, 11) is 0. The first-order valence-corrected chi connectivity index (χ1v) is 8.31. The van der Waals surface area contributed by atoms with Crippen LogP contribution < -0.4 is 21.5 Å². The molecule has 0 bridgehead atoms. The fraction of sp³-hybridized carbons (Fsp3) is 0.111. The largest absolute Gasteiger partial charge is 0.491 e. The van der Waals surface area contributed by atoms with E-state index in [4.69, 9.17) is 5.73 Å². The Morgan fingerprint density at radius 1 is 1.20 bits per heavy atom. The number of aryl methyl sites for hydroxylation is 1. The number of rotatable bonds is 5. The first-order valence-electron chi connectivity index (χ1n) is 8.31. The van der Waals surface area contributed by atoms with Crippen molar-refractivity contribution in [2.24, 2.45) is 5.73 Å². The molecule has 1 heterocycles. The molecular formula is C18H14F3N5O4. The van der Waals surface area contributed by atoms with Crippen LogP contribution in [0.4, 0.5) is 24.8 Å². The molecule has 0 unspecified atom stereocenters. The van der Waals surface area contributed by atoms with Crippen molar-refractivity contribution in [3.8, 4) is 11.4 Å². The Hall–Kier alpha value is -4.09. The van der Waals surface area contributed by atoms with Crippen LogP contribution in [0.25, 0.3) is 5.69 Å². The molecule has 9 nitrogen and oxygen atoms in total. The molecule has 0 aliphatic carbocycles. The van der Waals surface area contributed by atoms with Crippen LogP contribution in [0.15, 0.2) is 47.3 Å². The summed E-state index contributed by atoms with van der Waals surface area (Å²) < 4.78 is 42.8. The quantitative estimate of drug-likeness (QED) is 0.427. The van der Waals surface area contributed by atoms with Crippen molar-refractivity contribution >= 4 is 23.5 Å². The van der Waals surface area contributed by atoms with Crippen molar-refractivity contribution in [3.63, 3.8) is 0 Å². The number of carbonyl (C=O) groups is 2. The van der Waals surface area contributed by atoms with Gasteiger partial charge in [0.15, 0.2) is 0 Å². The second kappa shape index (κ2) is 7.73. The number of aromatic nitrogens is 3. The summed E-state index contributed by atoms with van der Waals surface area (Å²) in [6.45, 7) is 1.84. The highest BCUT2D eigenvalue weighted by atomic mass is 19.4. The number of hydrogen-bond acceptors (Lipinski definition) is 6. The number of alkyl halides is 3. The monoisotopic (exact) mass is 421 g/mol. The molecule has 12 heteroatoms. The first-order chi connectivity index (χ1) is 14.0. The highest BCUT2D eigenvalue weighted by Gasteiger charge is 2.41. The molecule has 0 radical (unpaired) electrons. The highest BCUT2D eigenvalue weighted by molar-refractivity contribution is 5.97. The van der Waals surface area contributed by atoms with Gasteiger partial charge in [-0.3, -0.25) is 9.78 Å². The van der Waals surface area contributed by atoms with Crippen molar-refractivity contribution in [3.05, 3.63) is 64.1 Å². The highest BCUT2D eigenvalue weighted by Crippen LogP contribution is 2.27. The minimum absolute atomic E-state index is 0.0403. The lowest BCUT2D eigenvalue weighted by atomic mass is 10.1. The Kier molecular flexibility index (Phi) is 5.32. The van der Waals surface area contributed by atoms with Gasteiger partial charge >= 0.3 is 17.8 Å². The molecule has 0 saturated carbocycles. The van der Waals surface area contributed by atoms with Crippen LogP contribution in [0.5, 0.6) is 5.75 Å². The number of carbonyl (C=O) groups excluding carboxylic acids is 2. The SMILES string of the molecule is Cc1cccc(-n2nc(Nc3ccc(C(N)=O)c(OC(=O)C(F)(F)F)c3)[nH]c2=O)c1. The molecule has 0 aliphatic rings. The Labute approximate surface area is 166 Å². The Morgan fingerprint density at radius 2 is 1.93 bits per heavy atom. The van der Waals surface area contributed by atoms with Gasteiger partial charge in [0.2, 0.25) is 5.95 Å². The summed E-state index contributed by atoms with van der Waals surface area (Å²) in [5, 5.41) is 6.72. The summed E-state index contributed by atoms with van der Waals surface area (Å²) in [5.74, 6) is -4.35. The van der Waals surface area contributed by atoms with Crippen molar-refractivity contribution in [2.75, 3.05) is 5.32 Å². The maximum atomic E-state index is 12.5. The fourth-order valence-electron chi connectivity index (χ4n) is 2.50. The van der Waals surface area contributed by atoms with Crippen molar-refractivity contribution < 1.29 is 27.5 Å². The zero-order valence-corrected chi connectivity index (χ0v) is 15.3. The third-order valence-electron chi connectivity index (χ3n) is 3.81. The minimum atomic E-state index is -5.27. The van der Waals surface area contributed by atoms with Crippen LogP contribution in [0.1, 0.15) is 15.9 Å². The van der Waals surface area contributed by atoms with E-state index in [0.29, 0.717) is 5.69 Å². The number of H-pyrrole nitrogens is 1. The topological polar surface area (TPSA) is 132 Å². The zero-order valence-electron chi connectivity index (χ0n) is 15.3. The van der Waals surface area contributed by atoms with Crippen LogP contribution in [-0.2, 0) is 4.79 Å². The Morgan fingerprint density at radius 3 is 2.57 bits per heavy atom. The number of benzene rings is 2. The van der Waals surface area contributed by atoms with E-state index in [1.165, 1.54) is 6.07 Å². The molecule has 0 spiro atoms. The van der Waals surface area contributed by atoms with E-state index in [1.807, 2.05) is 13.0 Å². The average molecular weight is 421 g/mol. The second-order valence-corrected chi connectivity index (χ2v) is 6.12. The van der Waals surface area contributed by atoms with E-state index >= 15 is 0 Å². The van der Waals surface area contributed by atoms with Gasteiger partial charge in [-0.15, -0.1) is 5.10 Å². The number of nitrogens with one attached hydrogen (secondary N) is 2. The molecule has 156 valence electrons. The molecule has 3 aromatic rings. The molecule has 0 aliphatic heterocycles. The summed E-state index contributed by atoms with van der Waals surface area (Å²) >= 11 is 0. The number of esters is 1. The zero-order chi connectivity index (χ0) is 22.1. The Bertz CT molecular complexity index is 1180. The molecule has 1 aromatic heterocycles. The normalized spacial score (nSPS) is 11.2. The standard InChI is InChI=1S/C18H14F3N5O4/c1-9-3-2-4-11(7-9)26-17(29)24-16(25-26)23-10-5-6-12(14(22)27)13(8-10)30-15(28)18(19,20)21/h2-8H,1H3,(H2,22,27)(H2,23,24,25,29). The number of nitrogens with two attached hydrogens (primary N) is 1.